The summed E-state index contributed by atoms with van der Waals surface area (Å²) >= 11 is 0. The van der Waals surface area contributed by atoms with Crippen LogP contribution in [-0.4, -0.2) is 44.6 Å². The van der Waals surface area contributed by atoms with E-state index in [1.165, 1.54) is 25.3 Å². The van der Waals surface area contributed by atoms with Crippen molar-refractivity contribution in [2.24, 2.45) is 0 Å². The summed E-state index contributed by atoms with van der Waals surface area (Å²) in [4.78, 5) is 36.3. The standard InChI is InChI=1S/C18H19N3O6/c1-20(2)13-6-4-12(5-7-13)18(23)27-11-17(22)19-15-10-14(26-3)8-9-16(15)21(24)25/h4-10H,11H2,1-3H3,(H,19,22). The van der Waals surface area contributed by atoms with Crippen LogP contribution in [0.2, 0.25) is 0 Å². The first-order valence-corrected chi connectivity index (χ1v) is 7.88. The molecule has 9 heteroatoms. The van der Waals surface area contributed by atoms with E-state index >= 15 is 0 Å². The van der Waals surface area contributed by atoms with E-state index in [-0.39, 0.29) is 11.4 Å². The van der Waals surface area contributed by atoms with Gasteiger partial charge in [-0.25, -0.2) is 4.79 Å². The minimum absolute atomic E-state index is 0.0456. The molecule has 2 aromatic carbocycles. The Balaban J connectivity index is 2.00. The minimum atomic E-state index is -0.704. The van der Waals surface area contributed by atoms with Crippen LogP contribution in [0.15, 0.2) is 42.5 Å². The summed E-state index contributed by atoms with van der Waals surface area (Å²) in [5.41, 5.74) is 0.862. The molecule has 0 saturated heterocycles. The SMILES string of the molecule is COc1ccc([N+](=O)[O-])c(NC(=O)COC(=O)c2ccc(N(C)C)cc2)c1. The zero-order chi connectivity index (χ0) is 20.0. The van der Waals surface area contributed by atoms with Gasteiger partial charge in [0, 0.05) is 31.9 Å². The molecule has 0 spiro atoms. The van der Waals surface area contributed by atoms with Crippen molar-refractivity contribution in [2.45, 2.75) is 0 Å². The van der Waals surface area contributed by atoms with E-state index in [1.54, 1.807) is 24.3 Å². The quantitative estimate of drug-likeness (QED) is 0.451. The van der Waals surface area contributed by atoms with E-state index in [9.17, 15) is 19.7 Å². The van der Waals surface area contributed by atoms with Crippen molar-refractivity contribution in [3.63, 3.8) is 0 Å². The average Bonchev–Trinajstić information content (AvgIpc) is 2.65. The van der Waals surface area contributed by atoms with Crippen molar-refractivity contribution in [2.75, 3.05) is 38.0 Å². The molecule has 0 aliphatic carbocycles. The summed E-state index contributed by atoms with van der Waals surface area (Å²) in [6, 6.07) is 10.6. The molecule has 0 heterocycles. The summed E-state index contributed by atoms with van der Waals surface area (Å²) in [5.74, 6) is -1.03. The van der Waals surface area contributed by atoms with Crippen LogP contribution in [0.25, 0.3) is 0 Å². The van der Waals surface area contributed by atoms with Crippen LogP contribution in [0.5, 0.6) is 5.75 Å². The lowest BCUT2D eigenvalue weighted by Gasteiger charge is -2.12. The molecule has 0 saturated carbocycles. The number of nitrogens with one attached hydrogen (secondary N) is 1. The van der Waals surface area contributed by atoms with Gasteiger partial charge in [-0.1, -0.05) is 0 Å². The van der Waals surface area contributed by atoms with Crippen LogP contribution in [0.4, 0.5) is 17.1 Å². The van der Waals surface area contributed by atoms with Gasteiger partial charge in [0.1, 0.15) is 11.4 Å². The second-order valence-electron chi connectivity index (χ2n) is 5.71. The largest absolute Gasteiger partial charge is 0.497 e. The van der Waals surface area contributed by atoms with Crippen LogP contribution >= 0.6 is 0 Å². The van der Waals surface area contributed by atoms with Crippen LogP contribution < -0.4 is 15.0 Å². The van der Waals surface area contributed by atoms with Crippen LogP contribution in [0, 0.1) is 10.1 Å². The third-order valence-electron chi connectivity index (χ3n) is 3.63. The predicted molar refractivity (Wildman–Crippen MR) is 99.3 cm³/mol. The van der Waals surface area contributed by atoms with Gasteiger partial charge in [0.05, 0.1) is 17.6 Å². The van der Waals surface area contributed by atoms with Crippen molar-refractivity contribution in [3.8, 4) is 5.75 Å². The van der Waals surface area contributed by atoms with E-state index < -0.39 is 23.4 Å². The van der Waals surface area contributed by atoms with Gasteiger partial charge in [-0.2, -0.15) is 0 Å². The number of rotatable bonds is 7. The van der Waals surface area contributed by atoms with E-state index in [0.29, 0.717) is 11.3 Å². The number of carbonyl (C=O) groups is 2. The van der Waals surface area contributed by atoms with Crippen LogP contribution in [-0.2, 0) is 9.53 Å². The second kappa shape index (κ2) is 8.65. The van der Waals surface area contributed by atoms with Gasteiger partial charge in [-0.15, -0.1) is 0 Å². The van der Waals surface area contributed by atoms with Gasteiger partial charge in [-0.05, 0) is 30.3 Å². The van der Waals surface area contributed by atoms with E-state index in [1.807, 2.05) is 19.0 Å². The van der Waals surface area contributed by atoms with Crippen molar-refractivity contribution in [3.05, 3.63) is 58.1 Å². The van der Waals surface area contributed by atoms with E-state index in [2.05, 4.69) is 5.32 Å². The summed E-state index contributed by atoms with van der Waals surface area (Å²) in [6.07, 6.45) is 0. The number of hydrogen-bond acceptors (Lipinski definition) is 7. The lowest BCUT2D eigenvalue weighted by atomic mass is 10.2. The van der Waals surface area contributed by atoms with Gasteiger partial charge in [0.15, 0.2) is 6.61 Å². The Labute approximate surface area is 155 Å². The summed E-state index contributed by atoms with van der Waals surface area (Å²) in [5, 5.41) is 13.4. The van der Waals surface area contributed by atoms with Crippen LogP contribution in [0.1, 0.15) is 10.4 Å². The van der Waals surface area contributed by atoms with Crippen molar-refractivity contribution >= 4 is 28.9 Å². The fraction of sp³-hybridized carbons (Fsp3) is 0.222. The molecule has 0 aliphatic rings. The molecule has 27 heavy (non-hydrogen) atoms. The first kappa shape index (κ1) is 19.7. The second-order valence-corrected chi connectivity index (χ2v) is 5.71. The molecule has 2 aromatic rings. The lowest BCUT2D eigenvalue weighted by Crippen LogP contribution is -2.21. The van der Waals surface area contributed by atoms with Crippen molar-refractivity contribution < 1.29 is 24.0 Å². The Morgan fingerprint density at radius 3 is 2.37 bits per heavy atom. The Morgan fingerprint density at radius 2 is 1.81 bits per heavy atom. The minimum Gasteiger partial charge on any atom is -0.497 e. The Bertz CT molecular complexity index is 849. The molecule has 0 aliphatic heterocycles. The van der Waals surface area contributed by atoms with Crippen molar-refractivity contribution in [1.29, 1.82) is 0 Å². The number of benzene rings is 2. The summed E-state index contributed by atoms with van der Waals surface area (Å²) < 4.78 is 9.94. The monoisotopic (exact) mass is 373 g/mol. The number of nitro groups is 1. The number of nitrogens with zero attached hydrogens (tertiary/aromatic N) is 2. The smallest absolute Gasteiger partial charge is 0.338 e. The van der Waals surface area contributed by atoms with Gasteiger partial charge in [0.2, 0.25) is 0 Å². The molecular weight excluding hydrogens is 354 g/mol. The molecule has 0 fully saturated rings. The molecule has 0 atom stereocenters. The lowest BCUT2D eigenvalue weighted by molar-refractivity contribution is -0.383. The van der Waals surface area contributed by atoms with Gasteiger partial charge >= 0.3 is 5.97 Å². The highest BCUT2D eigenvalue weighted by Crippen LogP contribution is 2.28. The average molecular weight is 373 g/mol. The number of amides is 1. The summed E-state index contributed by atoms with van der Waals surface area (Å²) in [6.45, 7) is -0.581. The predicted octanol–water partition coefficient (Wildman–Crippen LogP) is 2.46. The Hall–Kier alpha value is -3.62. The van der Waals surface area contributed by atoms with Gasteiger partial charge < -0.3 is 19.7 Å². The highest BCUT2D eigenvalue weighted by Gasteiger charge is 2.18. The fourth-order valence-electron chi connectivity index (χ4n) is 2.20. The van der Waals surface area contributed by atoms with E-state index in [0.717, 1.165) is 5.69 Å². The number of methoxy groups -OCH3 is 1. The fourth-order valence-corrected chi connectivity index (χ4v) is 2.20. The molecule has 2 rings (SSSR count). The van der Waals surface area contributed by atoms with Gasteiger partial charge in [-0.3, -0.25) is 14.9 Å². The number of anilines is 2. The molecule has 142 valence electrons. The number of esters is 1. The maximum atomic E-state index is 12.0. The summed E-state index contributed by atoms with van der Waals surface area (Å²) in [7, 11) is 5.14. The number of ether oxygens (including phenoxy) is 2. The third-order valence-corrected chi connectivity index (χ3v) is 3.63. The van der Waals surface area contributed by atoms with Gasteiger partial charge in [0.25, 0.3) is 11.6 Å². The highest BCUT2D eigenvalue weighted by atomic mass is 16.6. The number of carbonyl (C=O) groups excluding carboxylic acids is 2. The molecule has 9 nitrogen and oxygen atoms in total. The number of nitro benzene ring substituents is 1. The zero-order valence-electron chi connectivity index (χ0n) is 15.1. The maximum absolute atomic E-state index is 12.0. The molecular formula is C18H19N3O6. The Morgan fingerprint density at radius 1 is 1.15 bits per heavy atom. The molecule has 0 unspecified atom stereocenters. The molecule has 0 bridgehead atoms. The molecule has 1 amide bonds. The maximum Gasteiger partial charge on any atom is 0.338 e. The first-order valence-electron chi connectivity index (χ1n) is 7.88. The highest BCUT2D eigenvalue weighted by molar-refractivity contribution is 5.97. The first-order chi connectivity index (χ1) is 12.8. The Kier molecular flexibility index (Phi) is 6.32. The zero-order valence-corrected chi connectivity index (χ0v) is 15.1. The number of hydrogen-bond donors (Lipinski definition) is 1. The topological polar surface area (TPSA) is 111 Å². The molecule has 1 N–H and O–H groups in total. The molecule has 0 radical (unpaired) electrons. The van der Waals surface area contributed by atoms with Crippen LogP contribution in [0.3, 0.4) is 0 Å². The normalized spacial score (nSPS) is 10.0. The molecule has 0 aromatic heterocycles. The van der Waals surface area contributed by atoms with Crippen molar-refractivity contribution in [1.82, 2.24) is 0 Å². The van der Waals surface area contributed by atoms with E-state index in [4.69, 9.17) is 9.47 Å². The third kappa shape index (κ3) is 5.18.